The molecule has 1 N–H and O–H groups in total. The summed E-state index contributed by atoms with van der Waals surface area (Å²) in [4.78, 5) is 13.5. The minimum atomic E-state index is -1.05. The first-order chi connectivity index (χ1) is 9.16. The van der Waals surface area contributed by atoms with Gasteiger partial charge in [0.05, 0.1) is 11.3 Å². The minimum Gasteiger partial charge on any atom is -0.478 e. The van der Waals surface area contributed by atoms with Gasteiger partial charge in [-0.1, -0.05) is 6.42 Å². The molecule has 0 radical (unpaired) electrons. The molecule has 1 aromatic rings. The average Bonchev–Trinajstić information content (AvgIpc) is 2.86. The Bertz CT molecular complexity index is 503. The summed E-state index contributed by atoms with van der Waals surface area (Å²) in [5, 5.41) is 9.27. The van der Waals surface area contributed by atoms with Gasteiger partial charge in [0.25, 0.3) is 0 Å². The number of carbonyl (C=O) groups is 1. The molecule has 1 saturated carbocycles. The summed E-state index contributed by atoms with van der Waals surface area (Å²) in [6.45, 7) is 0.882. The number of rotatable bonds is 2. The van der Waals surface area contributed by atoms with Crippen LogP contribution in [0.5, 0.6) is 0 Å². The van der Waals surface area contributed by atoms with Crippen molar-refractivity contribution < 1.29 is 14.3 Å². The molecule has 1 heterocycles. The first kappa shape index (κ1) is 12.5. The van der Waals surface area contributed by atoms with Gasteiger partial charge < -0.3 is 10.0 Å². The number of halogens is 1. The Morgan fingerprint density at radius 2 is 2.05 bits per heavy atom. The predicted octanol–water partition coefficient (Wildman–Crippen LogP) is 3.29. The van der Waals surface area contributed by atoms with Crippen LogP contribution in [0, 0.1) is 11.7 Å². The summed E-state index contributed by atoms with van der Waals surface area (Å²) in [6.07, 6.45) is 5.92. The molecule has 3 rings (SSSR count). The zero-order chi connectivity index (χ0) is 13.4. The molecular weight excluding hydrogens is 245 g/mol. The van der Waals surface area contributed by atoms with Crippen molar-refractivity contribution in [3.63, 3.8) is 0 Å². The third-order valence-electron chi connectivity index (χ3n) is 4.49. The highest BCUT2D eigenvalue weighted by atomic mass is 19.1. The zero-order valence-corrected chi connectivity index (χ0v) is 10.8. The maximum atomic E-state index is 13.3. The van der Waals surface area contributed by atoms with Crippen LogP contribution in [0.4, 0.5) is 10.1 Å². The van der Waals surface area contributed by atoms with Crippen LogP contribution >= 0.6 is 0 Å². The van der Waals surface area contributed by atoms with Gasteiger partial charge in [0.2, 0.25) is 0 Å². The molecule has 2 atom stereocenters. The van der Waals surface area contributed by atoms with E-state index in [1.54, 1.807) is 6.07 Å². The largest absolute Gasteiger partial charge is 0.478 e. The molecule has 0 amide bonds. The van der Waals surface area contributed by atoms with Gasteiger partial charge in [-0.2, -0.15) is 0 Å². The topological polar surface area (TPSA) is 40.5 Å². The fourth-order valence-corrected chi connectivity index (χ4v) is 3.68. The van der Waals surface area contributed by atoms with Crippen LogP contribution in [0.1, 0.15) is 42.5 Å². The van der Waals surface area contributed by atoms with Crippen molar-refractivity contribution >= 4 is 11.7 Å². The van der Waals surface area contributed by atoms with E-state index in [9.17, 15) is 14.3 Å². The van der Waals surface area contributed by atoms with Crippen molar-refractivity contribution in [3.8, 4) is 0 Å². The molecule has 1 aliphatic heterocycles. The number of piperidine rings is 1. The van der Waals surface area contributed by atoms with Crippen molar-refractivity contribution in [1.29, 1.82) is 0 Å². The number of benzene rings is 1. The van der Waals surface area contributed by atoms with Gasteiger partial charge in [0, 0.05) is 12.6 Å². The summed E-state index contributed by atoms with van der Waals surface area (Å²) >= 11 is 0. The number of hydrogen-bond acceptors (Lipinski definition) is 2. The first-order valence-corrected chi connectivity index (χ1v) is 6.96. The molecule has 102 valence electrons. The monoisotopic (exact) mass is 263 g/mol. The molecule has 0 bridgehead atoms. The fourth-order valence-electron chi connectivity index (χ4n) is 3.68. The first-order valence-electron chi connectivity index (χ1n) is 6.96. The summed E-state index contributed by atoms with van der Waals surface area (Å²) < 4.78 is 13.3. The molecule has 2 aliphatic rings. The van der Waals surface area contributed by atoms with E-state index in [0.717, 1.165) is 25.5 Å². The summed E-state index contributed by atoms with van der Waals surface area (Å²) in [5.74, 6) is -0.851. The summed E-state index contributed by atoms with van der Waals surface area (Å²) in [6, 6.07) is 4.56. The van der Waals surface area contributed by atoms with Gasteiger partial charge in [0.15, 0.2) is 0 Å². The molecule has 19 heavy (non-hydrogen) atoms. The van der Waals surface area contributed by atoms with Crippen LogP contribution < -0.4 is 4.90 Å². The van der Waals surface area contributed by atoms with Crippen molar-refractivity contribution in [1.82, 2.24) is 0 Å². The molecule has 0 spiro atoms. The number of fused-ring (bicyclic) bond motifs is 1. The standard InChI is InChI=1S/C15H18FNO2/c16-11-6-7-14(12(9-11)15(18)19)17-8-2-4-10-3-1-5-13(10)17/h6-7,9-10,13H,1-5,8H2,(H,18,19). The Kier molecular flexibility index (Phi) is 3.17. The molecular formula is C15H18FNO2. The summed E-state index contributed by atoms with van der Waals surface area (Å²) in [7, 11) is 0. The van der Waals surface area contributed by atoms with E-state index in [0.29, 0.717) is 17.6 Å². The predicted molar refractivity (Wildman–Crippen MR) is 71.1 cm³/mol. The van der Waals surface area contributed by atoms with Crippen molar-refractivity contribution in [2.45, 2.75) is 38.1 Å². The molecule has 1 saturated heterocycles. The van der Waals surface area contributed by atoms with Gasteiger partial charge in [0.1, 0.15) is 5.82 Å². The van der Waals surface area contributed by atoms with Crippen molar-refractivity contribution in [2.75, 3.05) is 11.4 Å². The molecule has 4 heteroatoms. The highest BCUT2D eigenvalue weighted by molar-refractivity contribution is 5.94. The van der Waals surface area contributed by atoms with Crippen LogP contribution in [0.2, 0.25) is 0 Å². The Balaban J connectivity index is 1.98. The lowest BCUT2D eigenvalue weighted by molar-refractivity contribution is 0.0696. The lowest BCUT2D eigenvalue weighted by Gasteiger charge is -2.40. The Morgan fingerprint density at radius 1 is 1.26 bits per heavy atom. The summed E-state index contributed by atoms with van der Waals surface area (Å²) in [5.41, 5.74) is 0.776. The molecule has 3 nitrogen and oxygen atoms in total. The maximum Gasteiger partial charge on any atom is 0.337 e. The average molecular weight is 263 g/mol. The second kappa shape index (κ2) is 4.83. The SMILES string of the molecule is O=C(O)c1cc(F)ccc1N1CCCC2CCCC21. The minimum absolute atomic E-state index is 0.0903. The van der Waals surface area contributed by atoms with Crippen LogP contribution in [-0.4, -0.2) is 23.7 Å². The van der Waals surface area contributed by atoms with Gasteiger partial charge in [-0.05, 0) is 49.8 Å². The Morgan fingerprint density at radius 3 is 2.84 bits per heavy atom. The molecule has 0 aromatic heterocycles. The van der Waals surface area contributed by atoms with Gasteiger partial charge >= 0.3 is 5.97 Å². The van der Waals surface area contributed by atoms with E-state index in [2.05, 4.69) is 4.90 Å². The van der Waals surface area contributed by atoms with E-state index >= 15 is 0 Å². The highest BCUT2D eigenvalue weighted by Crippen LogP contribution is 2.40. The lowest BCUT2D eigenvalue weighted by atomic mass is 9.91. The fraction of sp³-hybridized carbons (Fsp3) is 0.533. The van der Waals surface area contributed by atoms with Crippen molar-refractivity contribution in [2.24, 2.45) is 5.92 Å². The molecule has 1 aliphatic carbocycles. The maximum absolute atomic E-state index is 13.3. The van der Waals surface area contributed by atoms with E-state index in [1.807, 2.05) is 0 Å². The zero-order valence-electron chi connectivity index (χ0n) is 10.8. The molecule has 1 aromatic carbocycles. The molecule has 2 unspecified atom stereocenters. The van der Waals surface area contributed by atoms with E-state index in [1.165, 1.54) is 25.3 Å². The van der Waals surface area contributed by atoms with Gasteiger partial charge in [-0.3, -0.25) is 0 Å². The normalized spacial score (nSPS) is 26.3. The smallest absolute Gasteiger partial charge is 0.337 e. The quantitative estimate of drug-likeness (QED) is 0.890. The third-order valence-corrected chi connectivity index (χ3v) is 4.49. The van der Waals surface area contributed by atoms with Gasteiger partial charge in [-0.25, -0.2) is 9.18 Å². The van der Waals surface area contributed by atoms with E-state index in [-0.39, 0.29) is 5.56 Å². The van der Waals surface area contributed by atoms with Crippen LogP contribution in [0.25, 0.3) is 0 Å². The lowest BCUT2D eigenvalue weighted by Crippen LogP contribution is -2.43. The second-order valence-corrected chi connectivity index (χ2v) is 5.56. The van der Waals surface area contributed by atoms with Crippen LogP contribution in [0.15, 0.2) is 18.2 Å². The number of carboxylic acids is 1. The number of anilines is 1. The van der Waals surface area contributed by atoms with E-state index < -0.39 is 11.8 Å². The Labute approximate surface area is 112 Å². The number of carboxylic acid groups (broad SMARTS) is 1. The molecule has 2 fully saturated rings. The Hall–Kier alpha value is -1.58. The number of hydrogen-bond donors (Lipinski definition) is 1. The van der Waals surface area contributed by atoms with Crippen LogP contribution in [-0.2, 0) is 0 Å². The number of aromatic carboxylic acids is 1. The second-order valence-electron chi connectivity index (χ2n) is 5.56. The highest BCUT2D eigenvalue weighted by Gasteiger charge is 2.36. The van der Waals surface area contributed by atoms with Crippen molar-refractivity contribution in [3.05, 3.63) is 29.6 Å². The van der Waals surface area contributed by atoms with Crippen LogP contribution in [0.3, 0.4) is 0 Å². The number of nitrogens with zero attached hydrogens (tertiary/aromatic N) is 1. The third kappa shape index (κ3) is 2.20. The van der Waals surface area contributed by atoms with E-state index in [4.69, 9.17) is 0 Å². The van der Waals surface area contributed by atoms with Gasteiger partial charge in [-0.15, -0.1) is 0 Å².